The van der Waals surface area contributed by atoms with E-state index in [1.54, 1.807) is 18.3 Å². The molecule has 2 aromatic rings. The van der Waals surface area contributed by atoms with Gasteiger partial charge < -0.3 is 26.6 Å². The van der Waals surface area contributed by atoms with Gasteiger partial charge in [0.25, 0.3) is 0 Å². The van der Waals surface area contributed by atoms with Crippen LogP contribution in [0.3, 0.4) is 0 Å². The van der Waals surface area contributed by atoms with Gasteiger partial charge in [0, 0.05) is 30.0 Å². The van der Waals surface area contributed by atoms with Gasteiger partial charge in [0.1, 0.15) is 17.8 Å². The number of anilines is 1. The highest BCUT2D eigenvalue weighted by atomic mass is 16.4. The van der Waals surface area contributed by atoms with E-state index in [0.29, 0.717) is 5.56 Å². The van der Waals surface area contributed by atoms with Crippen LogP contribution in [0.1, 0.15) is 17.5 Å². The third-order valence-corrected chi connectivity index (χ3v) is 4.93. The Balaban J connectivity index is 1.73. The monoisotopic (exact) mass is 424 g/mol. The molecule has 3 rings (SSSR count). The molecule has 0 saturated carbocycles. The molecule has 1 aliphatic rings. The molecule has 0 bridgehead atoms. The maximum Gasteiger partial charge on any atom is 0.326 e. The number of phenolic OH excluding ortho intramolecular Hbond substituents is 1. The minimum atomic E-state index is -1.19. The summed E-state index contributed by atoms with van der Waals surface area (Å²) < 4.78 is 0. The minimum absolute atomic E-state index is 0.0698. The molecule has 0 fully saturated rings. The predicted molar refractivity (Wildman–Crippen MR) is 112 cm³/mol. The van der Waals surface area contributed by atoms with Crippen molar-refractivity contribution in [2.45, 2.75) is 24.9 Å². The molecular formula is C22H24N4O5+. The van der Waals surface area contributed by atoms with Gasteiger partial charge in [-0.2, -0.15) is 0 Å². The first-order valence-electron chi connectivity index (χ1n) is 9.73. The van der Waals surface area contributed by atoms with E-state index in [-0.39, 0.29) is 25.1 Å². The summed E-state index contributed by atoms with van der Waals surface area (Å²) in [5, 5.41) is 27.2. The summed E-state index contributed by atoms with van der Waals surface area (Å²) in [6, 6.07) is 11.4. The van der Waals surface area contributed by atoms with E-state index in [2.05, 4.69) is 16.0 Å². The number of carboxylic acid groups (broad SMARTS) is 1. The van der Waals surface area contributed by atoms with E-state index in [0.717, 1.165) is 16.8 Å². The van der Waals surface area contributed by atoms with Gasteiger partial charge in [0.2, 0.25) is 11.8 Å². The fourth-order valence-electron chi connectivity index (χ4n) is 3.32. The van der Waals surface area contributed by atoms with Crippen LogP contribution >= 0.6 is 0 Å². The lowest BCUT2D eigenvalue weighted by Crippen LogP contribution is -2.69. The minimum Gasteiger partial charge on any atom is -0.508 e. The van der Waals surface area contributed by atoms with Crippen LogP contribution < -0.4 is 21.7 Å². The quantitative estimate of drug-likeness (QED) is 0.315. The molecule has 1 heterocycles. The molecule has 9 heteroatoms. The molecule has 0 unspecified atom stereocenters. The molecule has 9 nitrogen and oxygen atoms in total. The molecule has 0 aliphatic carbocycles. The molecule has 161 valence electrons. The third kappa shape index (κ3) is 5.68. The second-order valence-corrected chi connectivity index (χ2v) is 7.16. The Bertz CT molecular complexity index is 1000. The zero-order valence-corrected chi connectivity index (χ0v) is 16.7. The average Bonchev–Trinajstić information content (AvgIpc) is 3.17. The summed E-state index contributed by atoms with van der Waals surface area (Å²) in [6.45, 7) is -0.308. The van der Waals surface area contributed by atoms with Crippen molar-refractivity contribution < 1.29 is 29.9 Å². The Labute approximate surface area is 179 Å². The number of hydrogen-bond acceptors (Lipinski definition) is 6. The van der Waals surface area contributed by atoms with Crippen molar-refractivity contribution in [1.29, 1.82) is 0 Å². The van der Waals surface area contributed by atoms with Gasteiger partial charge in [-0.3, -0.25) is 9.59 Å². The van der Waals surface area contributed by atoms with Crippen molar-refractivity contribution in [2.24, 2.45) is 5.73 Å². The summed E-state index contributed by atoms with van der Waals surface area (Å²) in [5.74, 6) is -2.29. The number of nitrogens with two attached hydrogens (primary N) is 1. The topological polar surface area (TPSA) is 157 Å². The molecule has 7 N–H and O–H groups in total. The van der Waals surface area contributed by atoms with Crippen LogP contribution in [0.15, 0.2) is 54.7 Å². The zero-order chi connectivity index (χ0) is 22.4. The van der Waals surface area contributed by atoms with Crippen molar-refractivity contribution in [3.05, 3.63) is 65.9 Å². The van der Waals surface area contributed by atoms with E-state index in [4.69, 9.17) is 5.73 Å². The molecule has 2 amide bonds. The van der Waals surface area contributed by atoms with Crippen LogP contribution in [0.2, 0.25) is 0 Å². The van der Waals surface area contributed by atoms with Crippen molar-refractivity contribution in [1.82, 2.24) is 10.6 Å². The Morgan fingerprint density at radius 1 is 0.968 bits per heavy atom. The lowest BCUT2D eigenvalue weighted by Gasteiger charge is -2.21. The van der Waals surface area contributed by atoms with Crippen LogP contribution in [0.4, 0.5) is 5.69 Å². The lowest BCUT2D eigenvalue weighted by atomic mass is 9.99. The number of carbonyl (C=O) groups is 3. The molecule has 1 aliphatic heterocycles. The first kappa shape index (κ1) is 22.0. The number of aliphatic carboxylic acids is 1. The number of aromatic hydroxyl groups is 1. The van der Waals surface area contributed by atoms with Gasteiger partial charge in [0.15, 0.2) is 11.9 Å². The molecule has 0 aromatic heterocycles. The third-order valence-electron chi connectivity index (χ3n) is 4.93. The molecule has 31 heavy (non-hydrogen) atoms. The van der Waals surface area contributed by atoms with Crippen molar-refractivity contribution >= 4 is 29.0 Å². The maximum absolute atomic E-state index is 12.9. The lowest BCUT2D eigenvalue weighted by molar-refractivity contribution is -0.491. The Morgan fingerprint density at radius 3 is 2.35 bits per heavy atom. The van der Waals surface area contributed by atoms with E-state index in [1.165, 1.54) is 12.1 Å². The van der Waals surface area contributed by atoms with Gasteiger partial charge in [0.05, 0.1) is 6.54 Å². The van der Waals surface area contributed by atoms with E-state index < -0.39 is 29.9 Å². The van der Waals surface area contributed by atoms with E-state index >= 15 is 0 Å². The number of phenols is 1. The second-order valence-electron chi connectivity index (χ2n) is 7.16. The Morgan fingerprint density at radius 2 is 1.68 bits per heavy atom. The van der Waals surface area contributed by atoms with Gasteiger partial charge in [-0.25, -0.2) is 4.79 Å². The first-order chi connectivity index (χ1) is 14.9. The van der Waals surface area contributed by atoms with Crippen molar-refractivity contribution in [3.63, 3.8) is 0 Å². The van der Waals surface area contributed by atoms with Gasteiger partial charge in [-0.15, -0.1) is 5.32 Å². The average molecular weight is 424 g/mol. The normalized spacial score (nSPS) is 14.2. The van der Waals surface area contributed by atoms with Crippen LogP contribution in [-0.2, 0) is 20.8 Å². The molecule has 0 spiro atoms. The van der Waals surface area contributed by atoms with Gasteiger partial charge >= 0.3 is 5.97 Å². The zero-order valence-electron chi connectivity index (χ0n) is 16.7. The smallest absolute Gasteiger partial charge is 0.326 e. The Hall–Kier alpha value is -3.69. The first-order valence-corrected chi connectivity index (χ1v) is 9.73. The number of fused-ring (bicyclic) bond motifs is 1. The number of benzene rings is 2. The van der Waals surface area contributed by atoms with Crippen molar-refractivity contribution in [2.75, 3.05) is 6.54 Å². The summed E-state index contributed by atoms with van der Waals surface area (Å²) in [6.07, 6.45) is 1.90. The van der Waals surface area contributed by atoms with Gasteiger partial charge in [-0.1, -0.05) is 24.3 Å². The number of hydrogen-bond donors (Lipinski definition) is 6. The fourth-order valence-corrected chi connectivity index (χ4v) is 3.32. The highest BCUT2D eigenvalue weighted by Gasteiger charge is 2.30. The SMILES string of the molecule is NCC(=O)N[C@@H](Cc1ccc(O)cc1)C(=O)N[C@@H](CC1=C[NH+]c2ccccc21)C(=O)O. The summed E-state index contributed by atoms with van der Waals surface area (Å²) >= 11 is 0. The second kappa shape index (κ2) is 9.88. The van der Waals surface area contributed by atoms with Crippen molar-refractivity contribution in [3.8, 4) is 5.75 Å². The molecule has 1 radical (unpaired) electrons. The van der Waals surface area contributed by atoms with Crippen LogP contribution in [0, 0.1) is 0 Å². The number of carbonyl (C=O) groups excluding carboxylic acids is 2. The number of rotatable bonds is 9. The molecule has 2 aromatic carbocycles. The molecule has 2 atom stereocenters. The van der Waals surface area contributed by atoms with Crippen LogP contribution in [0.5, 0.6) is 5.75 Å². The number of amides is 2. The molecular weight excluding hydrogens is 400 g/mol. The highest BCUT2D eigenvalue weighted by molar-refractivity contribution is 5.92. The summed E-state index contributed by atoms with van der Waals surface area (Å²) in [5.41, 5.74) is 8.53. The largest absolute Gasteiger partial charge is 0.508 e. The number of para-hydroxylation sites is 1. The summed E-state index contributed by atoms with van der Waals surface area (Å²) in [4.78, 5) is 36.5. The van der Waals surface area contributed by atoms with Crippen LogP contribution in [-0.4, -0.2) is 46.6 Å². The van der Waals surface area contributed by atoms with E-state index in [1.807, 2.05) is 24.3 Å². The molecule has 0 saturated heterocycles. The fraction of sp³-hybridized carbons (Fsp3) is 0.227. The summed E-state index contributed by atoms with van der Waals surface area (Å²) in [7, 11) is 0. The van der Waals surface area contributed by atoms with Gasteiger partial charge in [-0.05, 0) is 23.8 Å². The predicted octanol–water partition coefficient (Wildman–Crippen LogP) is -0.627. The Kier molecular flexibility index (Phi) is 7.01. The van der Waals surface area contributed by atoms with Crippen LogP contribution in [0.25, 0.3) is 5.57 Å². The number of nitrogens with one attached hydrogen (secondary N) is 3. The van der Waals surface area contributed by atoms with E-state index in [9.17, 15) is 24.6 Å². The number of carboxylic acids is 1. The highest BCUT2D eigenvalue weighted by Crippen LogP contribution is 2.27. The standard InChI is InChI=1S/C22H24N4O5/c23-11-20(28)25-18(9-13-5-7-15(27)8-6-13)21(29)26-19(22(30)31)10-14-12-24-17-4-2-1-3-16(14)17/h1-8,12,18-19,24,27H,9-11,23H2,(H,25,28)(H,26,29)(H,30,31)/q+1/t18-,19-/m0/s1. The maximum atomic E-state index is 12.9.